The third-order valence-corrected chi connectivity index (χ3v) is 2.54. The summed E-state index contributed by atoms with van der Waals surface area (Å²) in [6.07, 6.45) is 2.67. The van der Waals surface area contributed by atoms with Gasteiger partial charge in [0.15, 0.2) is 0 Å². The zero-order valence-corrected chi connectivity index (χ0v) is 8.43. The fourth-order valence-corrected chi connectivity index (χ4v) is 1.11. The Balaban J connectivity index is 3.43. The van der Waals surface area contributed by atoms with Crippen LogP contribution in [0.1, 0.15) is 40.5 Å². The normalized spacial score (nSPS) is 16.9. The first kappa shape index (κ1) is 11.0. The second kappa shape index (κ2) is 5.59. The van der Waals surface area contributed by atoms with Gasteiger partial charge in [-0.1, -0.05) is 40.5 Å². The zero-order valence-electron chi connectivity index (χ0n) is 8.43. The maximum Gasteiger partial charge on any atom is -0.00490 e. The standard InChI is InChI=1S/C10H23N/c1-8(2)5-6-9(3)10(4)7-11/h8-10H,5-7,11H2,1-4H3. The molecule has 68 valence electrons. The van der Waals surface area contributed by atoms with E-state index in [2.05, 4.69) is 27.7 Å². The Labute approximate surface area is 71.4 Å². The molecule has 0 fully saturated rings. The predicted octanol–water partition coefficient (Wildman–Crippen LogP) is 2.65. The summed E-state index contributed by atoms with van der Waals surface area (Å²) in [6, 6.07) is 0. The molecule has 0 saturated carbocycles. The minimum atomic E-state index is 0.689. The molecule has 0 saturated heterocycles. The van der Waals surface area contributed by atoms with Crippen molar-refractivity contribution in [3.8, 4) is 0 Å². The fourth-order valence-electron chi connectivity index (χ4n) is 1.11. The van der Waals surface area contributed by atoms with E-state index in [9.17, 15) is 0 Å². The lowest BCUT2D eigenvalue weighted by Crippen LogP contribution is -2.18. The van der Waals surface area contributed by atoms with Crippen LogP contribution in [0.2, 0.25) is 0 Å². The van der Waals surface area contributed by atoms with E-state index in [4.69, 9.17) is 5.73 Å². The van der Waals surface area contributed by atoms with Gasteiger partial charge < -0.3 is 5.73 Å². The predicted molar refractivity (Wildman–Crippen MR) is 51.5 cm³/mol. The molecule has 11 heavy (non-hydrogen) atoms. The molecule has 0 aromatic carbocycles. The lowest BCUT2D eigenvalue weighted by Gasteiger charge is -2.18. The van der Waals surface area contributed by atoms with E-state index >= 15 is 0 Å². The first-order chi connectivity index (χ1) is 5.07. The summed E-state index contributed by atoms with van der Waals surface area (Å²) >= 11 is 0. The van der Waals surface area contributed by atoms with E-state index in [0.717, 1.165) is 18.4 Å². The summed E-state index contributed by atoms with van der Waals surface area (Å²) < 4.78 is 0. The smallest absolute Gasteiger partial charge is 0.00490 e. The molecule has 0 spiro atoms. The Hall–Kier alpha value is -0.0400. The van der Waals surface area contributed by atoms with Gasteiger partial charge in [0.2, 0.25) is 0 Å². The van der Waals surface area contributed by atoms with E-state index in [1.807, 2.05) is 0 Å². The van der Waals surface area contributed by atoms with Gasteiger partial charge in [-0.05, 0) is 24.3 Å². The summed E-state index contributed by atoms with van der Waals surface area (Å²) in [4.78, 5) is 0. The second-order valence-corrected chi connectivity index (χ2v) is 4.16. The molecule has 0 heterocycles. The van der Waals surface area contributed by atoms with Crippen molar-refractivity contribution in [1.29, 1.82) is 0 Å². The van der Waals surface area contributed by atoms with Crippen LogP contribution in [0, 0.1) is 17.8 Å². The van der Waals surface area contributed by atoms with E-state index in [1.54, 1.807) is 0 Å². The van der Waals surface area contributed by atoms with Crippen molar-refractivity contribution in [2.45, 2.75) is 40.5 Å². The van der Waals surface area contributed by atoms with Gasteiger partial charge in [0, 0.05) is 0 Å². The molecule has 2 atom stereocenters. The average molecular weight is 157 g/mol. The van der Waals surface area contributed by atoms with Gasteiger partial charge in [-0.25, -0.2) is 0 Å². The third-order valence-electron chi connectivity index (χ3n) is 2.54. The summed E-state index contributed by atoms with van der Waals surface area (Å²) in [5.74, 6) is 2.32. The topological polar surface area (TPSA) is 26.0 Å². The van der Waals surface area contributed by atoms with E-state index in [1.165, 1.54) is 12.8 Å². The molecular formula is C10H23N. The summed E-state index contributed by atoms with van der Waals surface area (Å²) in [5.41, 5.74) is 5.58. The Bertz CT molecular complexity index is 88.9. The van der Waals surface area contributed by atoms with E-state index < -0.39 is 0 Å². The molecule has 2 unspecified atom stereocenters. The van der Waals surface area contributed by atoms with Crippen molar-refractivity contribution in [3.05, 3.63) is 0 Å². The maximum absolute atomic E-state index is 5.58. The maximum atomic E-state index is 5.58. The molecule has 0 aromatic rings. The van der Waals surface area contributed by atoms with Crippen LogP contribution in [0.4, 0.5) is 0 Å². The van der Waals surface area contributed by atoms with Gasteiger partial charge in [0.05, 0.1) is 0 Å². The first-order valence-corrected chi connectivity index (χ1v) is 4.78. The molecule has 0 amide bonds. The first-order valence-electron chi connectivity index (χ1n) is 4.78. The molecule has 0 aliphatic carbocycles. The van der Waals surface area contributed by atoms with E-state index in [-0.39, 0.29) is 0 Å². The Morgan fingerprint density at radius 2 is 1.45 bits per heavy atom. The zero-order chi connectivity index (χ0) is 8.85. The van der Waals surface area contributed by atoms with Crippen LogP contribution in [0.3, 0.4) is 0 Å². The molecule has 2 N–H and O–H groups in total. The van der Waals surface area contributed by atoms with Gasteiger partial charge in [0.1, 0.15) is 0 Å². The minimum Gasteiger partial charge on any atom is -0.330 e. The van der Waals surface area contributed by atoms with Gasteiger partial charge in [-0.15, -0.1) is 0 Å². The van der Waals surface area contributed by atoms with Crippen LogP contribution in [0.25, 0.3) is 0 Å². The summed E-state index contributed by atoms with van der Waals surface area (Å²) in [6.45, 7) is 9.93. The Morgan fingerprint density at radius 3 is 1.82 bits per heavy atom. The third kappa shape index (κ3) is 5.25. The van der Waals surface area contributed by atoms with E-state index in [0.29, 0.717) is 5.92 Å². The van der Waals surface area contributed by atoms with Crippen LogP contribution in [0.15, 0.2) is 0 Å². The number of hydrogen-bond acceptors (Lipinski definition) is 1. The average Bonchev–Trinajstić information content (AvgIpc) is 1.98. The minimum absolute atomic E-state index is 0.689. The van der Waals surface area contributed by atoms with Crippen molar-refractivity contribution in [2.24, 2.45) is 23.5 Å². The van der Waals surface area contributed by atoms with Gasteiger partial charge in [-0.2, -0.15) is 0 Å². The van der Waals surface area contributed by atoms with Crippen LogP contribution >= 0.6 is 0 Å². The van der Waals surface area contributed by atoms with Crippen LogP contribution in [-0.4, -0.2) is 6.54 Å². The monoisotopic (exact) mass is 157 g/mol. The molecule has 0 radical (unpaired) electrons. The van der Waals surface area contributed by atoms with Crippen LogP contribution in [-0.2, 0) is 0 Å². The lowest BCUT2D eigenvalue weighted by molar-refractivity contribution is 0.343. The molecule has 1 heteroatoms. The second-order valence-electron chi connectivity index (χ2n) is 4.16. The highest BCUT2D eigenvalue weighted by Crippen LogP contribution is 2.18. The number of rotatable bonds is 5. The molecule has 0 bridgehead atoms. The van der Waals surface area contributed by atoms with Crippen LogP contribution < -0.4 is 5.73 Å². The van der Waals surface area contributed by atoms with Crippen molar-refractivity contribution in [2.75, 3.05) is 6.54 Å². The molecule has 0 aliphatic rings. The molecule has 0 aromatic heterocycles. The fraction of sp³-hybridized carbons (Fsp3) is 1.00. The quantitative estimate of drug-likeness (QED) is 0.652. The largest absolute Gasteiger partial charge is 0.330 e. The highest BCUT2D eigenvalue weighted by Gasteiger charge is 2.10. The summed E-state index contributed by atoms with van der Waals surface area (Å²) in [7, 11) is 0. The van der Waals surface area contributed by atoms with Gasteiger partial charge >= 0.3 is 0 Å². The Morgan fingerprint density at radius 1 is 0.909 bits per heavy atom. The highest BCUT2D eigenvalue weighted by molar-refractivity contribution is 4.63. The van der Waals surface area contributed by atoms with Gasteiger partial charge in [-0.3, -0.25) is 0 Å². The van der Waals surface area contributed by atoms with Crippen molar-refractivity contribution in [1.82, 2.24) is 0 Å². The SMILES string of the molecule is CC(C)CCC(C)C(C)CN. The van der Waals surface area contributed by atoms with Gasteiger partial charge in [0.25, 0.3) is 0 Å². The number of hydrogen-bond donors (Lipinski definition) is 1. The van der Waals surface area contributed by atoms with Crippen molar-refractivity contribution >= 4 is 0 Å². The Kier molecular flexibility index (Phi) is 5.57. The molecule has 1 nitrogen and oxygen atoms in total. The lowest BCUT2D eigenvalue weighted by atomic mass is 9.89. The summed E-state index contributed by atoms with van der Waals surface area (Å²) in [5, 5.41) is 0. The number of nitrogens with two attached hydrogens (primary N) is 1. The van der Waals surface area contributed by atoms with Crippen LogP contribution in [0.5, 0.6) is 0 Å². The molecular weight excluding hydrogens is 134 g/mol. The van der Waals surface area contributed by atoms with Crippen molar-refractivity contribution < 1.29 is 0 Å². The molecule has 0 aliphatic heterocycles. The molecule has 0 rings (SSSR count). The van der Waals surface area contributed by atoms with Crippen molar-refractivity contribution in [3.63, 3.8) is 0 Å². The highest BCUT2D eigenvalue weighted by atomic mass is 14.5.